The first-order valence-electron chi connectivity index (χ1n) is 6.50. The van der Waals surface area contributed by atoms with E-state index in [-0.39, 0.29) is 23.5 Å². The molecule has 0 saturated heterocycles. The van der Waals surface area contributed by atoms with Gasteiger partial charge in [-0.2, -0.15) is 0 Å². The van der Waals surface area contributed by atoms with Crippen LogP contribution in [0.5, 0.6) is 5.75 Å². The zero-order chi connectivity index (χ0) is 16.1. The highest BCUT2D eigenvalue weighted by Gasteiger charge is 2.06. The van der Waals surface area contributed by atoms with E-state index in [1.54, 1.807) is 25.1 Å². The second-order valence-electron chi connectivity index (χ2n) is 4.55. The summed E-state index contributed by atoms with van der Waals surface area (Å²) in [5.41, 5.74) is 1.59. The lowest BCUT2D eigenvalue weighted by Gasteiger charge is -2.14. The van der Waals surface area contributed by atoms with Gasteiger partial charge in [0.05, 0.1) is 11.4 Å². The molecule has 0 fully saturated rings. The molecule has 0 saturated carbocycles. The summed E-state index contributed by atoms with van der Waals surface area (Å²) >= 11 is 1.51. The summed E-state index contributed by atoms with van der Waals surface area (Å²) in [6.45, 7) is 1.89. The highest BCUT2D eigenvalue weighted by molar-refractivity contribution is 7.98. The van der Waals surface area contributed by atoms with Gasteiger partial charge in [-0.15, -0.1) is 17.0 Å². The van der Waals surface area contributed by atoms with E-state index in [0.29, 0.717) is 17.0 Å². The standard InChI is InChI=1S/C15H17FN2O3S/c1-10-7-12(4-5-14(10)18(19)20)21-9-17-13-8-11(16)3-6-15(13)22-2/h3-8,17,19-20H,9H2,1-2H3. The van der Waals surface area contributed by atoms with Crippen molar-refractivity contribution in [1.82, 2.24) is 0 Å². The van der Waals surface area contributed by atoms with Gasteiger partial charge in [-0.05, 0) is 55.1 Å². The maximum atomic E-state index is 13.3. The molecule has 0 atom stereocenters. The Morgan fingerprint density at radius 2 is 2.00 bits per heavy atom. The van der Waals surface area contributed by atoms with Crippen LogP contribution in [0.1, 0.15) is 5.56 Å². The minimum Gasteiger partial charge on any atom is -0.473 e. The van der Waals surface area contributed by atoms with Crippen molar-refractivity contribution in [2.75, 3.05) is 23.5 Å². The van der Waals surface area contributed by atoms with Crippen LogP contribution in [0.4, 0.5) is 15.8 Å². The van der Waals surface area contributed by atoms with Crippen LogP contribution in [-0.4, -0.2) is 23.4 Å². The summed E-state index contributed by atoms with van der Waals surface area (Å²) < 4.78 is 18.8. The van der Waals surface area contributed by atoms with Crippen LogP contribution in [0.15, 0.2) is 41.3 Å². The normalized spacial score (nSPS) is 10.4. The highest BCUT2D eigenvalue weighted by atomic mass is 32.2. The Morgan fingerprint density at radius 3 is 2.64 bits per heavy atom. The van der Waals surface area contributed by atoms with Crippen LogP contribution in [0.2, 0.25) is 0 Å². The first-order valence-corrected chi connectivity index (χ1v) is 7.72. The molecular formula is C15H17FN2O3S. The zero-order valence-electron chi connectivity index (χ0n) is 12.2. The van der Waals surface area contributed by atoms with Gasteiger partial charge >= 0.3 is 0 Å². The van der Waals surface area contributed by atoms with Gasteiger partial charge in [0.25, 0.3) is 0 Å². The fourth-order valence-corrected chi connectivity index (χ4v) is 2.51. The van der Waals surface area contributed by atoms with E-state index >= 15 is 0 Å². The third kappa shape index (κ3) is 4.03. The van der Waals surface area contributed by atoms with Gasteiger partial charge in [-0.1, -0.05) is 0 Å². The number of benzene rings is 2. The predicted molar refractivity (Wildman–Crippen MR) is 84.5 cm³/mol. The third-order valence-electron chi connectivity index (χ3n) is 3.05. The summed E-state index contributed by atoms with van der Waals surface area (Å²) in [5.74, 6) is 0.254. The Balaban J connectivity index is 1.99. The van der Waals surface area contributed by atoms with Crippen molar-refractivity contribution in [3.63, 3.8) is 0 Å². The van der Waals surface area contributed by atoms with Crippen LogP contribution in [0.25, 0.3) is 0 Å². The van der Waals surface area contributed by atoms with Crippen molar-refractivity contribution in [2.45, 2.75) is 11.8 Å². The van der Waals surface area contributed by atoms with Crippen LogP contribution >= 0.6 is 11.8 Å². The summed E-state index contributed by atoms with van der Waals surface area (Å²) in [4.78, 5) is 0.924. The fraction of sp³-hybridized carbons (Fsp3) is 0.200. The molecule has 7 heteroatoms. The smallest absolute Gasteiger partial charge is 0.159 e. The van der Waals surface area contributed by atoms with Crippen LogP contribution in [0, 0.1) is 12.7 Å². The van der Waals surface area contributed by atoms with Gasteiger partial charge in [0, 0.05) is 4.90 Å². The number of ether oxygens (including phenoxy) is 1. The van der Waals surface area contributed by atoms with Gasteiger partial charge in [-0.25, -0.2) is 4.39 Å². The summed E-state index contributed by atoms with van der Waals surface area (Å²) in [7, 11) is 0. The Hall–Kier alpha value is -1.96. The summed E-state index contributed by atoms with van der Waals surface area (Å²) in [6.07, 6.45) is 1.91. The third-order valence-corrected chi connectivity index (χ3v) is 3.84. The lowest BCUT2D eigenvalue weighted by molar-refractivity contribution is 0.0288. The second-order valence-corrected chi connectivity index (χ2v) is 5.40. The van der Waals surface area contributed by atoms with Crippen molar-refractivity contribution in [3.05, 3.63) is 47.8 Å². The maximum absolute atomic E-state index is 13.3. The Labute approximate surface area is 132 Å². The molecule has 118 valence electrons. The number of hydrogen-bond donors (Lipinski definition) is 3. The number of halogens is 1. The maximum Gasteiger partial charge on any atom is 0.159 e. The minimum absolute atomic E-state index is 0.0643. The van der Waals surface area contributed by atoms with Crippen molar-refractivity contribution in [3.8, 4) is 5.75 Å². The molecule has 0 unspecified atom stereocenters. The van der Waals surface area contributed by atoms with Gasteiger partial charge in [0.1, 0.15) is 11.6 Å². The van der Waals surface area contributed by atoms with Gasteiger partial charge < -0.3 is 10.1 Å². The Morgan fingerprint density at radius 1 is 1.23 bits per heavy atom. The molecule has 0 radical (unpaired) electrons. The van der Waals surface area contributed by atoms with Crippen LogP contribution in [0.3, 0.4) is 0 Å². The monoisotopic (exact) mass is 324 g/mol. The minimum atomic E-state index is -0.313. The number of hydrogen-bond acceptors (Lipinski definition) is 6. The quantitative estimate of drug-likeness (QED) is 0.426. The molecule has 0 aliphatic carbocycles. The van der Waals surface area contributed by atoms with E-state index in [1.165, 1.54) is 30.0 Å². The van der Waals surface area contributed by atoms with E-state index in [2.05, 4.69) is 5.32 Å². The number of anilines is 2. The molecule has 2 aromatic rings. The van der Waals surface area contributed by atoms with Crippen molar-refractivity contribution in [1.29, 1.82) is 0 Å². The van der Waals surface area contributed by atoms with Gasteiger partial charge in [0.15, 0.2) is 6.73 Å². The summed E-state index contributed by atoms with van der Waals surface area (Å²) in [6, 6.07) is 9.36. The van der Waals surface area contributed by atoms with E-state index in [4.69, 9.17) is 15.2 Å². The number of aryl methyl sites for hydroxylation is 1. The lowest BCUT2D eigenvalue weighted by atomic mass is 10.2. The molecule has 0 heterocycles. The number of nitrogens with one attached hydrogen (secondary N) is 1. The molecule has 0 aliphatic heterocycles. The van der Waals surface area contributed by atoms with Crippen molar-refractivity contribution < 1.29 is 19.5 Å². The molecule has 0 bridgehead atoms. The van der Waals surface area contributed by atoms with Crippen LogP contribution in [-0.2, 0) is 0 Å². The molecule has 3 N–H and O–H groups in total. The van der Waals surface area contributed by atoms with E-state index < -0.39 is 0 Å². The SMILES string of the molecule is CSc1ccc(F)cc1NCOc1ccc(N(O)O)c(C)c1. The van der Waals surface area contributed by atoms with Gasteiger partial charge in [-0.3, -0.25) is 10.4 Å². The van der Waals surface area contributed by atoms with Crippen molar-refractivity contribution in [2.24, 2.45) is 0 Å². The first kappa shape index (κ1) is 16.4. The van der Waals surface area contributed by atoms with Gasteiger partial charge in [0.2, 0.25) is 0 Å². The van der Waals surface area contributed by atoms with Crippen molar-refractivity contribution >= 4 is 23.1 Å². The lowest BCUT2D eigenvalue weighted by Crippen LogP contribution is -2.13. The zero-order valence-corrected chi connectivity index (χ0v) is 13.0. The van der Waals surface area contributed by atoms with Crippen LogP contribution < -0.4 is 15.3 Å². The predicted octanol–water partition coefficient (Wildman–Crippen LogP) is 3.89. The molecule has 5 nitrogen and oxygen atoms in total. The second kappa shape index (κ2) is 7.35. The topological polar surface area (TPSA) is 65.0 Å². The average Bonchev–Trinajstić information content (AvgIpc) is 2.47. The molecule has 22 heavy (non-hydrogen) atoms. The Bertz CT molecular complexity index is 653. The summed E-state index contributed by atoms with van der Waals surface area (Å²) in [5, 5.41) is 21.1. The largest absolute Gasteiger partial charge is 0.473 e. The number of rotatable bonds is 6. The Kier molecular flexibility index (Phi) is 5.48. The molecule has 2 rings (SSSR count). The molecule has 0 amide bonds. The highest BCUT2D eigenvalue weighted by Crippen LogP contribution is 2.26. The molecule has 0 spiro atoms. The van der Waals surface area contributed by atoms with E-state index in [0.717, 1.165) is 4.90 Å². The molecule has 0 aliphatic rings. The van der Waals surface area contributed by atoms with E-state index in [1.807, 2.05) is 6.26 Å². The molecule has 0 aromatic heterocycles. The molecule has 2 aromatic carbocycles. The number of thioether (sulfide) groups is 1. The average molecular weight is 324 g/mol. The molecular weight excluding hydrogens is 307 g/mol. The first-order chi connectivity index (χ1) is 10.5. The van der Waals surface area contributed by atoms with E-state index in [9.17, 15) is 4.39 Å². The number of nitrogens with zero attached hydrogens (tertiary/aromatic N) is 1. The fourth-order valence-electron chi connectivity index (χ4n) is 1.96.